The zero-order valence-corrected chi connectivity index (χ0v) is 11.5. The Kier molecular flexibility index (Phi) is 5.56. The molecular formula is C8H17NO6S2. The van der Waals surface area contributed by atoms with Crippen LogP contribution in [0.15, 0.2) is 0 Å². The highest BCUT2D eigenvalue weighted by molar-refractivity contribution is 8.06. The minimum absolute atomic E-state index is 0.0305. The Morgan fingerprint density at radius 1 is 1.24 bits per heavy atom. The van der Waals surface area contributed by atoms with E-state index in [4.69, 9.17) is 5.11 Å². The smallest absolute Gasteiger partial charge is 0.321 e. The van der Waals surface area contributed by atoms with E-state index in [1.165, 1.54) is 0 Å². The third-order valence-corrected chi connectivity index (χ3v) is 5.29. The summed E-state index contributed by atoms with van der Waals surface area (Å²) in [6.07, 6.45) is 0.864. The highest BCUT2D eigenvalue weighted by atomic mass is 32.3. The van der Waals surface area contributed by atoms with Gasteiger partial charge in [0.25, 0.3) is 0 Å². The predicted octanol–water partition coefficient (Wildman–Crippen LogP) is -0.593. The van der Waals surface area contributed by atoms with Crippen LogP contribution in [0.4, 0.5) is 0 Å². The lowest BCUT2D eigenvalue weighted by atomic mass is 10.1. The van der Waals surface area contributed by atoms with Gasteiger partial charge in [-0.15, -0.1) is 0 Å². The molecular weight excluding hydrogens is 270 g/mol. The number of carbonyl (C=O) groups is 1. The first kappa shape index (κ1) is 16.3. The van der Waals surface area contributed by atoms with Crippen LogP contribution in [0.1, 0.15) is 20.3 Å². The summed E-state index contributed by atoms with van der Waals surface area (Å²) in [5.74, 6) is -1.35. The average Bonchev–Trinajstić information content (AvgIpc) is 1.95. The Hall–Kier alpha value is -0.670. The van der Waals surface area contributed by atoms with Crippen LogP contribution in [-0.4, -0.2) is 45.3 Å². The molecule has 0 amide bonds. The lowest BCUT2D eigenvalue weighted by Gasteiger charge is -2.16. The zero-order chi connectivity index (χ0) is 13.9. The molecule has 0 saturated heterocycles. The van der Waals surface area contributed by atoms with Crippen molar-refractivity contribution in [2.24, 2.45) is 5.92 Å². The van der Waals surface area contributed by atoms with Crippen LogP contribution in [0, 0.1) is 5.92 Å². The minimum Gasteiger partial charge on any atom is -0.480 e. The van der Waals surface area contributed by atoms with Crippen LogP contribution < -0.4 is 4.72 Å². The first-order chi connectivity index (χ1) is 7.43. The molecule has 0 aliphatic rings. The number of hydrogen-bond donors (Lipinski definition) is 2. The number of hydrogen-bond acceptors (Lipinski definition) is 5. The van der Waals surface area contributed by atoms with Gasteiger partial charge in [0.15, 0.2) is 14.9 Å². The van der Waals surface area contributed by atoms with E-state index in [0.717, 1.165) is 6.26 Å². The fraction of sp³-hybridized carbons (Fsp3) is 0.875. The number of sulfonamides is 1. The lowest BCUT2D eigenvalue weighted by molar-refractivity contribution is -0.139. The van der Waals surface area contributed by atoms with E-state index in [9.17, 15) is 21.6 Å². The van der Waals surface area contributed by atoms with Crippen molar-refractivity contribution in [3.8, 4) is 0 Å². The second kappa shape index (κ2) is 5.78. The van der Waals surface area contributed by atoms with Crippen molar-refractivity contribution in [3.05, 3.63) is 0 Å². The number of carboxylic acid groups (broad SMARTS) is 1. The Morgan fingerprint density at radius 3 is 2.00 bits per heavy atom. The van der Waals surface area contributed by atoms with Gasteiger partial charge < -0.3 is 5.11 Å². The maximum Gasteiger partial charge on any atom is 0.321 e. The fourth-order valence-electron chi connectivity index (χ4n) is 1.20. The van der Waals surface area contributed by atoms with E-state index < -0.39 is 37.0 Å². The largest absolute Gasteiger partial charge is 0.480 e. The molecule has 2 N–H and O–H groups in total. The molecule has 102 valence electrons. The molecule has 7 nitrogen and oxygen atoms in total. The van der Waals surface area contributed by atoms with E-state index in [0.29, 0.717) is 0 Å². The van der Waals surface area contributed by atoms with Gasteiger partial charge in [-0.2, -0.15) is 0 Å². The summed E-state index contributed by atoms with van der Waals surface area (Å²) in [6, 6.07) is -1.30. The lowest BCUT2D eigenvalue weighted by Crippen LogP contribution is -2.43. The summed E-state index contributed by atoms with van der Waals surface area (Å²) >= 11 is 0. The van der Waals surface area contributed by atoms with E-state index in [2.05, 4.69) is 0 Å². The molecule has 0 saturated carbocycles. The van der Waals surface area contributed by atoms with Gasteiger partial charge in [0, 0.05) is 6.26 Å². The second-order valence-corrected chi connectivity index (χ2v) is 8.56. The first-order valence-electron chi connectivity index (χ1n) is 4.83. The molecule has 9 heteroatoms. The first-order valence-corrected chi connectivity index (χ1v) is 8.55. The van der Waals surface area contributed by atoms with Gasteiger partial charge in [-0.3, -0.25) is 4.79 Å². The number of sulfone groups is 1. The van der Waals surface area contributed by atoms with Crippen molar-refractivity contribution < 1.29 is 26.7 Å². The third-order valence-electron chi connectivity index (χ3n) is 1.70. The van der Waals surface area contributed by atoms with Crippen LogP contribution in [0.5, 0.6) is 0 Å². The molecule has 0 spiro atoms. The zero-order valence-electron chi connectivity index (χ0n) is 9.87. The molecule has 1 atom stereocenters. The number of aliphatic carboxylic acids is 1. The molecule has 0 aliphatic carbocycles. The summed E-state index contributed by atoms with van der Waals surface area (Å²) in [5, 5.41) is 7.70. The summed E-state index contributed by atoms with van der Waals surface area (Å²) in [4.78, 5) is 10.8. The van der Waals surface area contributed by atoms with Gasteiger partial charge in [-0.25, -0.2) is 21.6 Å². The van der Waals surface area contributed by atoms with Gasteiger partial charge in [0.05, 0.1) is 0 Å². The van der Waals surface area contributed by atoms with Crippen LogP contribution in [0.3, 0.4) is 0 Å². The molecule has 0 rings (SSSR count). The van der Waals surface area contributed by atoms with Crippen molar-refractivity contribution in [1.29, 1.82) is 0 Å². The Balaban J connectivity index is 4.83. The SMILES string of the molecule is CC(C)C[C@@H](NS(=O)(=O)CS(C)(=O)=O)C(=O)O. The van der Waals surface area contributed by atoms with E-state index >= 15 is 0 Å². The molecule has 0 radical (unpaired) electrons. The molecule has 0 aromatic rings. The van der Waals surface area contributed by atoms with Crippen LogP contribution in [-0.2, 0) is 24.7 Å². The molecule has 0 aromatic carbocycles. The molecule has 0 fully saturated rings. The summed E-state index contributed by atoms with van der Waals surface area (Å²) in [6.45, 7) is 3.47. The van der Waals surface area contributed by atoms with Crippen molar-refractivity contribution in [2.75, 3.05) is 11.3 Å². The van der Waals surface area contributed by atoms with Gasteiger partial charge in [0.2, 0.25) is 10.0 Å². The molecule has 17 heavy (non-hydrogen) atoms. The highest BCUT2D eigenvalue weighted by Crippen LogP contribution is 2.07. The molecule has 0 unspecified atom stereocenters. The fourth-order valence-corrected chi connectivity index (χ4v) is 4.36. The third kappa shape index (κ3) is 8.11. The van der Waals surface area contributed by atoms with Gasteiger partial charge >= 0.3 is 5.97 Å². The topological polar surface area (TPSA) is 118 Å². The summed E-state index contributed by atoms with van der Waals surface area (Å²) in [5.41, 5.74) is 0. The van der Waals surface area contributed by atoms with Crippen molar-refractivity contribution in [2.45, 2.75) is 26.3 Å². The van der Waals surface area contributed by atoms with Crippen LogP contribution in [0.25, 0.3) is 0 Å². The Morgan fingerprint density at radius 2 is 1.71 bits per heavy atom. The number of carboxylic acids is 1. The monoisotopic (exact) mass is 287 g/mol. The van der Waals surface area contributed by atoms with Gasteiger partial charge in [0.1, 0.15) is 6.04 Å². The van der Waals surface area contributed by atoms with Crippen molar-refractivity contribution >= 4 is 25.8 Å². The van der Waals surface area contributed by atoms with Crippen molar-refractivity contribution in [1.82, 2.24) is 4.72 Å². The number of rotatable bonds is 7. The Bertz CT molecular complexity index is 464. The minimum atomic E-state index is -4.15. The van der Waals surface area contributed by atoms with E-state index in [1.807, 2.05) is 4.72 Å². The maximum atomic E-state index is 11.4. The van der Waals surface area contributed by atoms with Crippen LogP contribution >= 0.6 is 0 Å². The second-order valence-electron chi connectivity index (χ2n) is 4.30. The molecule has 0 heterocycles. The summed E-state index contributed by atoms with van der Waals surface area (Å²) < 4.78 is 46.4. The highest BCUT2D eigenvalue weighted by Gasteiger charge is 2.27. The Labute approximate surface area is 101 Å². The molecule has 0 aromatic heterocycles. The number of nitrogens with one attached hydrogen (secondary N) is 1. The normalized spacial score (nSPS) is 14.8. The van der Waals surface area contributed by atoms with E-state index in [1.54, 1.807) is 13.8 Å². The van der Waals surface area contributed by atoms with Gasteiger partial charge in [-0.05, 0) is 12.3 Å². The summed E-state index contributed by atoms with van der Waals surface area (Å²) in [7, 11) is -7.87. The predicted molar refractivity (Wildman–Crippen MR) is 62.6 cm³/mol. The maximum absolute atomic E-state index is 11.4. The van der Waals surface area contributed by atoms with Crippen molar-refractivity contribution in [3.63, 3.8) is 0 Å². The average molecular weight is 287 g/mol. The molecule has 0 bridgehead atoms. The van der Waals surface area contributed by atoms with Crippen LogP contribution in [0.2, 0.25) is 0 Å². The molecule has 0 aliphatic heterocycles. The van der Waals surface area contributed by atoms with E-state index in [-0.39, 0.29) is 12.3 Å². The quantitative estimate of drug-likeness (QED) is 0.646. The standard InChI is InChI=1S/C8H17NO6S2/c1-6(2)4-7(8(10)11)9-17(14,15)5-16(3,12)13/h6-7,9H,4-5H2,1-3H3,(H,10,11)/t7-/m1/s1. The van der Waals surface area contributed by atoms with Gasteiger partial charge in [-0.1, -0.05) is 13.8 Å².